The first-order valence-electron chi connectivity index (χ1n) is 11.2. The lowest BCUT2D eigenvalue weighted by atomic mass is 10.1. The zero-order chi connectivity index (χ0) is 24.7. The lowest BCUT2D eigenvalue weighted by molar-refractivity contribution is -0.137. The van der Waals surface area contributed by atoms with E-state index < -0.39 is 11.7 Å². The third kappa shape index (κ3) is 4.75. The molecule has 5 nitrogen and oxygen atoms in total. The second-order valence-electron chi connectivity index (χ2n) is 8.68. The highest BCUT2D eigenvalue weighted by Crippen LogP contribution is 2.30. The molecule has 9 heteroatoms. The second kappa shape index (κ2) is 9.00. The van der Waals surface area contributed by atoms with E-state index in [9.17, 15) is 18.0 Å². The van der Waals surface area contributed by atoms with Crippen LogP contribution in [0.1, 0.15) is 27.4 Å². The van der Waals surface area contributed by atoms with Gasteiger partial charge in [0, 0.05) is 55.6 Å². The molecule has 1 fully saturated rings. The van der Waals surface area contributed by atoms with Gasteiger partial charge in [-0.25, -0.2) is 0 Å². The number of furan rings is 1. The molecule has 0 bridgehead atoms. The number of hydrogen-bond donors (Lipinski definition) is 0. The van der Waals surface area contributed by atoms with Crippen LogP contribution >= 0.6 is 11.6 Å². The fourth-order valence-corrected chi connectivity index (χ4v) is 4.68. The predicted octanol–water partition coefficient (Wildman–Crippen LogP) is 6.23. The van der Waals surface area contributed by atoms with Gasteiger partial charge < -0.3 is 18.8 Å². The Kier molecular flexibility index (Phi) is 6.01. The Hall–Kier alpha value is -3.39. The third-order valence-corrected chi connectivity index (χ3v) is 6.53. The van der Waals surface area contributed by atoms with Gasteiger partial charge in [0.1, 0.15) is 11.5 Å². The first-order valence-corrected chi connectivity index (χ1v) is 11.6. The molecule has 1 saturated heterocycles. The zero-order valence-electron chi connectivity index (χ0n) is 19.0. The summed E-state index contributed by atoms with van der Waals surface area (Å²) in [4.78, 5) is 17.5. The van der Waals surface area contributed by atoms with Gasteiger partial charge in [0.15, 0.2) is 5.58 Å². The summed E-state index contributed by atoms with van der Waals surface area (Å²) in [5.74, 6) is 0.567. The standard InChI is InChI=1S/C26H23ClF3N3O2/c1-17-13-22-24(35-17)15-23(33(22)16-18-5-7-19(8-6-18)26(28,29)30)25(34)32-11-9-31(10-12-32)21-4-2-3-20(27)14-21/h2-8,13-15H,9-12,16H2,1H3. The summed E-state index contributed by atoms with van der Waals surface area (Å²) < 4.78 is 46.5. The van der Waals surface area contributed by atoms with Crippen LogP contribution in [0.25, 0.3) is 11.1 Å². The third-order valence-electron chi connectivity index (χ3n) is 6.29. The number of carbonyl (C=O) groups excluding carboxylic acids is 1. The molecule has 2 aromatic carbocycles. The van der Waals surface area contributed by atoms with E-state index in [2.05, 4.69) is 4.90 Å². The van der Waals surface area contributed by atoms with Crippen LogP contribution in [0, 0.1) is 6.92 Å². The van der Waals surface area contributed by atoms with E-state index in [1.54, 1.807) is 11.0 Å². The van der Waals surface area contributed by atoms with Crippen molar-refractivity contribution in [1.82, 2.24) is 9.47 Å². The molecule has 35 heavy (non-hydrogen) atoms. The Morgan fingerprint density at radius 3 is 2.37 bits per heavy atom. The molecular formula is C26H23ClF3N3O2. The number of hydrogen-bond acceptors (Lipinski definition) is 3. The number of nitrogens with zero attached hydrogens (tertiary/aromatic N) is 3. The molecule has 0 radical (unpaired) electrons. The molecule has 0 aliphatic carbocycles. The van der Waals surface area contributed by atoms with E-state index in [0.29, 0.717) is 53.8 Å². The van der Waals surface area contributed by atoms with Crippen molar-refractivity contribution < 1.29 is 22.4 Å². The SMILES string of the molecule is Cc1cc2c(cc(C(=O)N3CCN(c4cccc(Cl)c4)CC3)n2Cc2ccc(C(F)(F)F)cc2)o1. The fourth-order valence-electron chi connectivity index (χ4n) is 4.50. The molecule has 0 spiro atoms. The summed E-state index contributed by atoms with van der Waals surface area (Å²) in [5, 5.41) is 0.667. The Labute approximate surface area is 205 Å². The highest BCUT2D eigenvalue weighted by Gasteiger charge is 2.30. The number of alkyl halides is 3. The summed E-state index contributed by atoms with van der Waals surface area (Å²) in [6.07, 6.45) is -4.39. The normalized spacial score (nSPS) is 14.7. The van der Waals surface area contributed by atoms with Gasteiger partial charge in [-0.3, -0.25) is 4.79 Å². The van der Waals surface area contributed by atoms with Crippen molar-refractivity contribution in [3.63, 3.8) is 0 Å². The largest absolute Gasteiger partial charge is 0.460 e. The van der Waals surface area contributed by atoms with E-state index in [0.717, 1.165) is 23.3 Å². The van der Waals surface area contributed by atoms with Crippen molar-refractivity contribution in [2.75, 3.05) is 31.1 Å². The molecule has 0 N–H and O–H groups in total. The monoisotopic (exact) mass is 501 g/mol. The van der Waals surface area contributed by atoms with Crippen molar-refractivity contribution >= 4 is 34.3 Å². The van der Waals surface area contributed by atoms with Gasteiger partial charge in [-0.05, 0) is 42.8 Å². The zero-order valence-corrected chi connectivity index (χ0v) is 19.7. The number of aromatic nitrogens is 1. The van der Waals surface area contributed by atoms with Gasteiger partial charge in [-0.15, -0.1) is 0 Å². The minimum Gasteiger partial charge on any atom is -0.460 e. The average molecular weight is 502 g/mol. The van der Waals surface area contributed by atoms with Crippen LogP contribution in [0.3, 0.4) is 0 Å². The minimum atomic E-state index is -4.39. The summed E-state index contributed by atoms with van der Waals surface area (Å²) in [6, 6.07) is 16.2. The van der Waals surface area contributed by atoms with Gasteiger partial charge in [0.25, 0.3) is 5.91 Å². The maximum atomic E-state index is 13.5. The van der Waals surface area contributed by atoms with Crippen molar-refractivity contribution in [3.05, 3.63) is 88.3 Å². The van der Waals surface area contributed by atoms with Crippen molar-refractivity contribution in [2.45, 2.75) is 19.6 Å². The Balaban J connectivity index is 1.38. The number of aryl methyl sites for hydroxylation is 1. The molecule has 0 saturated carbocycles. The smallest absolute Gasteiger partial charge is 0.416 e. The van der Waals surface area contributed by atoms with Gasteiger partial charge in [0.2, 0.25) is 0 Å². The molecule has 1 aliphatic heterocycles. The summed E-state index contributed by atoms with van der Waals surface area (Å²) in [6.45, 7) is 4.49. The molecule has 5 rings (SSSR count). The molecule has 3 heterocycles. The van der Waals surface area contributed by atoms with Crippen LogP contribution in [0.5, 0.6) is 0 Å². The number of anilines is 1. The Bertz CT molecular complexity index is 1370. The summed E-state index contributed by atoms with van der Waals surface area (Å²) >= 11 is 6.12. The van der Waals surface area contributed by atoms with Crippen molar-refractivity contribution in [1.29, 1.82) is 0 Å². The van der Waals surface area contributed by atoms with Crippen LogP contribution in [0.2, 0.25) is 5.02 Å². The summed E-state index contributed by atoms with van der Waals surface area (Å²) in [5.41, 5.74) is 2.75. The topological polar surface area (TPSA) is 41.6 Å². The highest BCUT2D eigenvalue weighted by atomic mass is 35.5. The van der Waals surface area contributed by atoms with Gasteiger partial charge in [-0.1, -0.05) is 29.8 Å². The van der Waals surface area contributed by atoms with Crippen LogP contribution in [0.15, 0.2) is 65.1 Å². The molecule has 0 unspecified atom stereocenters. The first kappa shape index (κ1) is 23.4. The molecule has 2 aromatic heterocycles. The van der Waals surface area contributed by atoms with E-state index in [1.165, 1.54) is 12.1 Å². The number of rotatable bonds is 4. The fraction of sp³-hybridized carbons (Fsp3) is 0.269. The highest BCUT2D eigenvalue weighted by molar-refractivity contribution is 6.30. The molecular weight excluding hydrogens is 479 g/mol. The molecule has 4 aromatic rings. The van der Waals surface area contributed by atoms with Crippen molar-refractivity contribution in [2.24, 2.45) is 0 Å². The quantitative estimate of drug-likeness (QED) is 0.333. The van der Waals surface area contributed by atoms with Gasteiger partial charge >= 0.3 is 6.18 Å². The lowest BCUT2D eigenvalue weighted by Crippen LogP contribution is -2.49. The Morgan fingerprint density at radius 1 is 1.00 bits per heavy atom. The number of piperazine rings is 1. The van der Waals surface area contributed by atoms with Gasteiger partial charge in [0.05, 0.1) is 11.1 Å². The van der Waals surface area contributed by atoms with E-state index >= 15 is 0 Å². The number of carbonyl (C=O) groups is 1. The van der Waals surface area contributed by atoms with Crippen LogP contribution in [-0.2, 0) is 12.7 Å². The number of amides is 1. The van der Waals surface area contributed by atoms with E-state index in [4.69, 9.17) is 16.0 Å². The molecule has 182 valence electrons. The van der Waals surface area contributed by atoms with E-state index in [1.807, 2.05) is 41.8 Å². The number of halogens is 4. The maximum absolute atomic E-state index is 13.5. The van der Waals surface area contributed by atoms with Crippen LogP contribution < -0.4 is 4.90 Å². The molecule has 1 aliphatic rings. The average Bonchev–Trinajstić information content (AvgIpc) is 3.35. The van der Waals surface area contributed by atoms with Crippen LogP contribution in [-0.4, -0.2) is 41.6 Å². The molecule has 0 atom stereocenters. The van der Waals surface area contributed by atoms with Crippen LogP contribution in [0.4, 0.5) is 18.9 Å². The predicted molar refractivity (Wildman–Crippen MR) is 129 cm³/mol. The summed E-state index contributed by atoms with van der Waals surface area (Å²) in [7, 11) is 0. The molecule has 1 amide bonds. The maximum Gasteiger partial charge on any atom is 0.416 e. The number of benzene rings is 2. The Morgan fingerprint density at radius 2 is 1.71 bits per heavy atom. The first-order chi connectivity index (χ1) is 16.7. The second-order valence-corrected chi connectivity index (χ2v) is 9.11. The van der Waals surface area contributed by atoms with Gasteiger partial charge in [-0.2, -0.15) is 13.2 Å². The lowest BCUT2D eigenvalue weighted by Gasteiger charge is -2.36. The van der Waals surface area contributed by atoms with E-state index in [-0.39, 0.29) is 12.5 Å². The minimum absolute atomic E-state index is 0.133. The van der Waals surface area contributed by atoms with Crippen molar-refractivity contribution in [3.8, 4) is 0 Å². The number of fused-ring (bicyclic) bond motifs is 1.